The van der Waals surface area contributed by atoms with Gasteiger partial charge in [-0.3, -0.25) is 9.47 Å². The molecule has 5 aromatic heterocycles. The van der Waals surface area contributed by atoms with Crippen molar-refractivity contribution in [3.63, 3.8) is 0 Å². The van der Waals surface area contributed by atoms with Crippen LogP contribution in [0, 0.1) is 0 Å². The largest absolute Gasteiger partial charge is 0.278 e. The van der Waals surface area contributed by atoms with E-state index in [2.05, 4.69) is 181 Å². The highest BCUT2D eigenvalue weighted by atomic mass is 15.3. The van der Waals surface area contributed by atoms with Crippen molar-refractivity contribution in [1.29, 1.82) is 0 Å². The van der Waals surface area contributed by atoms with Crippen LogP contribution >= 0.6 is 0 Å². The molecule has 0 saturated heterocycles. The van der Waals surface area contributed by atoms with Crippen LogP contribution in [-0.2, 0) is 5.41 Å². The molecule has 0 radical (unpaired) electrons. The summed E-state index contributed by atoms with van der Waals surface area (Å²) in [6, 6.07) is 59.2. The van der Waals surface area contributed by atoms with Gasteiger partial charge in [0.15, 0.2) is 11.3 Å². The van der Waals surface area contributed by atoms with Crippen LogP contribution in [0.4, 0.5) is 17.3 Å². The molecular weight excluding hydrogens is 825 g/mol. The van der Waals surface area contributed by atoms with Crippen LogP contribution in [0.2, 0.25) is 0 Å². The summed E-state index contributed by atoms with van der Waals surface area (Å²) in [6.07, 6.45) is 6.77. The molecule has 10 nitrogen and oxygen atoms in total. The predicted octanol–water partition coefficient (Wildman–Crippen LogP) is 13.0. The molecule has 1 aliphatic rings. The fraction of sp³-hybridized carbons (Fsp3) is 0.0526. The molecule has 13 rings (SSSR count). The summed E-state index contributed by atoms with van der Waals surface area (Å²) in [4.78, 5) is 42.6. The Kier molecular flexibility index (Phi) is 8.63. The van der Waals surface area contributed by atoms with Gasteiger partial charge in [-0.25, -0.2) is 29.9 Å². The minimum Gasteiger partial charge on any atom is -0.278 e. The third-order valence-electron chi connectivity index (χ3n) is 13.1. The topological polar surface area (TPSA) is 111 Å². The number of rotatable bonds is 6. The van der Waals surface area contributed by atoms with Crippen LogP contribution in [0.3, 0.4) is 0 Å². The van der Waals surface area contributed by atoms with Gasteiger partial charge in [0.1, 0.15) is 22.4 Å². The van der Waals surface area contributed by atoms with E-state index in [1.54, 1.807) is 24.8 Å². The van der Waals surface area contributed by atoms with E-state index < -0.39 is 5.41 Å². The monoisotopic (exact) mass is 862 g/mol. The second-order valence-electron chi connectivity index (χ2n) is 17.3. The Morgan fingerprint density at radius 3 is 1.55 bits per heavy atom. The number of aromatic nitrogens is 9. The van der Waals surface area contributed by atoms with Crippen LogP contribution in [0.25, 0.3) is 94.9 Å². The molecule has 0 amide bonds. The summed E-state index contributed by atoms with van der Waals surface area (Å²) in [5, 5.41) is 2.15. The normalized spacial score (nSPS) is 13.0. The van der Waals surface area contributed by atoms with E-state index >= 15 is 0 Å². The molecule has 0 bridgehead atoms. The van der Waals surface area contributed by atoms with Crippen LogP contribution in [-0.4, -0.2) is 44.4 Å². The Labute approximate surface area is 385 Å². The van der Waals surface area contributed by atoms with Crippen molar-refractivity contribution >= 4 is 61.5 Å². The number of hydrogen-bond acceptors (Lipinski definition) is 9. The van der Waals surface area contributed by atoms with Crippen LogP contribution in [0.15, 0.2) is 195 Å². The third-order valence-corrected chi connectivity index (χ3v) is 13.1. The molecule has 1 aliphatic heterocycles. The second kappa shape index (κ2) is 15.0. The molecule has 10 heteroatoms. The summed E-state index contributed by atoms with van der Waals surface area (Å²) >= 11 is 0. The van der Waals surface area contributed by atoms with E-state index in [9.17, 15) is 0 Å². The van der Waals surface area contributed by atoms with Gasteiger partial charge in [0, 0.05) is 52.1 Å². The van der Waals surface area contributed by atoms with Crippen LogP contribution < -0.4 is 4.90 Å². The summed E-state index contributed by atoms with van der Waals surface area (Å²) < 4.78 is 2.16. The molecule has 0 N–H and O–H groups in total. The Balaban J connectivity index is 1.06. The molecule has 0 aliphatic carbocycles. The van der Waals surface area contributed by atoms with E-state index in [1.807, 2.05) is 12.1 Å². The van der Waals surface area contributed by atoms with E-state index in [0.717, 1.165) is 77.7 Å². The lowest BCUT2D eigenvalue weighted by molar-refractivity contribution is 0.632. The van der Waals surface area contributed by atoms with Crippen molar-refractivity contribution in [2.75, 3.05) is 4.90 Å². The average molecular weight is 863 g/mol. The summed E-state index contributed by atoms with van der Waals surface area (Å²) in [6.45, 7) is 4.59. The molecule has 0 unspecified atom stereocenters. The zero-order valence-corrected chi connectivity index (χ0v) is 36.4. The Morgan fingerprint density at radius 1 is 0.373 bits per heavy atom. The highest BCUT2D eigenvalue weighted by Crippen LogP contribution is 2.53. The molecule has 0 fully saturated rings. The van der Waals surface area contributed by atoms with E-state index in [4.69, 9.17) is 39.9 Å². The minimum absolute atomic E-state index is 0.407. The molecule has 0 saturated carbocycles. The van der Waals surface area contributed by atoms with Gasteiger partial charge in [-0.1, -0.05) is 147 Å². The lowest BCUT2D eigenvalue weighted by atomic mass is 9.73. The molecule has 67 heavy (non-hydrogen) atoms. The summed E-state index contributed by atoms with van der Waals surface area (Å²) in [5.41, 5.74) is 15.5. The number of nitrogens with zero attached hydrogens (tertiary/aromatic N) is 10. The van der Waals surface area contributed by atoms with Crippen molar-refractivity contribution in [2.24, 2.45) is 0 Å². The number of hydrogen-bond donors (Lipinski definition) is 0. The van der Waals surface area contributed by atoms with Gasteiger partial charge >= 0.3 is 0 Å². The fourth-order valence-electron chi connectivity index (χ4n) is 9.85. The van der Waals surface area contributed by atoms with Gasteiger partial charge in [0.05, 0.1) is 22.4 Å². The van der Waals surface area contributed by atoms with Gasteiger partial charge < -0.3 is 0 Å². The maximum Gasteiger partial charge on any atom is 0.237 e. The van der Waals surface area contributed by atoms with Crippen molar-refractivity contribution in [3.8, 4) is 50.7 Å². The average Bonchev–Trinajstić information content (AvgIpc) is 3.71. The molecule has 12 aromatic rings. The number of para-hydroxylation sites is 2. The highest BCUT2D eigenvalue weighted by Gasteiger charge is 2.39. The van der Waals surface area contributed by atoms with Gasteiger partial charge in [-0.15, -0.1) is 0 Å². The first-order valence-electron chi connectivity index (χ1n) is 22.2. The quantitative estimate of drug-likeness (QED) is 0.161. The van der Waals surface area contributed by atoms with Gasteiger partial charge in [-0.2, -0.15) is 9.97 Å². The van der Waals surface area contributed by atoms with Crippen molar-refractivity contribution < 1.29 is 0 Å². The highest BCUT2D eigenvalue weighted by molar-refractivity contribution is 6.11. The van der Waals surface area contributed by atoms with Crippen molar-refractivity contribution in [2.45, 2.75) is 19.3 Å². The van der Waals surface area contributed by atoms with Crippen molar-refractivity contribution in [1.82, 2.24) is 44.4 Å². The van der Waals surface area contributed by atoms with Gasteiger partial charge in [0.25, 0.3) is 0 Å². The lowest BCUT2D eigenvalue weighted by Gasteiger charge is -2.41. The molecule has 6 heterocycles. The molecule has 7 aromatic carbocycles. The smallest absolute Gasteiger partial charge is 0.237 e. The Bertz CT molecular complexity index is 3920. The zero-order chi connectivity index (χ0) is 44.6. The van der Waals surface area contributed by atoms with Gasteiger partial charge in [-0.05, 0) is 69.8 Å². The molecule has 316 valence electrons. The second-order valence-corrected chi connectivity index (χ2v) is 17.3. The molecular formula is C57H38N10. The molecule has 0 atom stereocenters. The van der Waals surface area contributed by atoms with E-state index in [1.165, 1.54) is 0 Å². The Hall–Kier alpha value is -9.02. The summed E-state index contributed by atoms with van der Waals surface area (Å²) in [7, 11) is 0. The zero-order valence-electron chi connectivity index (χ0n) is 36.4. The summed E-state index contributed by atoms with van der Waals surface area (Å²) in [5.74, 6) is 0.969. The van der Waals surface area contributed by atoms with E-state index in [0.29, 0.717) is 45.6 Å². The molecule has 0 spiro atoms. The van der Waals surface area contributed by atoms with Crippen LogP contribution in [0.5, 0.6) is 0 Å². The third kappa shape index (κ3) is 6.18. The first-order valence-corrected chi connectivity index (χ1v) is 22.2. The number of anilines is 3. The van der Waals surface area contributed by atoms with Gasteiger partial charge in [0.2, 0.25) is 11.9 Å². The van der Waals surface area contributed by atoms with E-state index in [-0.39, 0.29) is 0 Å². The first kappa shape index (κ1) is 38.4. The SMILES string of the molecule is CC1(C)c2ccccc2N(c2nc(-c3cccc(-c4ccccc4)c3)c3nccnc3n2)c2cc3c(cc21)c1ccccc1n3-c1nc(-c2cccc(-c3ccccc3)c2)c2nccnc2n1. The standard InChI is InChI=1S/C57H38N10/c1-57(2)43-24-10-12-26-46(43)67(56-63-50(52-54(65-56)61-30-28-59-52)40-22-14-20-38(32-40)36-17-7-4-8-18-36)48-34-47-42(33-44(48)57)41-23-9-11-25-45(41)66(47)55-62-49(51-53(64-55)60-29-27-58-51)39-21-13-19-37(31-39)35-15-5-3-6-16-35/h3-34H,1-2H3. The predicted molar refractivity (Wildman–Crippen MR) is 267 cm³/mol. The van der Waals surface area contributed by atoms with Crippen LogP contribution in [0.1, 0.15) is 25.0 Å². The Morgan fingerprint density at radius 2 is 0.896 bits per heavy atom. The number of fused-ring (bicyclic) bond motifs is 7. The maximum absolute atomic E-state index is 5.45. The fourth-order valence-corrected chi connectivity index (χ4v) is 9.85. The number of benzene rings is 7. The first-order chi connectivity index (χ1) is 33.0. The van der Waals surface area contributed by atoms with Crippen molar-refractivity contribution in [3.05, 3.63) is 206 Å². The minimum atomic E-state index is -0.407. The maximum atomic E-state index is 5.45. The lowest BCUT2D eigenvalue weighted by Crippen LogP contribution is -2.31.